The number of carbonyl (C=O) groups is 4. The molecule has 0 aromatic heterocycles. The second kappa shape index (κ2) is 10.0. The van der Waals surface area contributed by atoms with Gasteiger partial charge in [-0.15, -0.1) is 5.06 Å². The molecule has 0 atom stereocenters. The summed E-state index contributed by atoms with van der Waals surface area (Å²) >= 11 is 0. The van der Waals surface area contributed by atoms with E-state index in [-0.39, 0.29) is 32.4 Å². The Morgan fingerprint density at radius 2 is 1.73 bits per heavy atom. The number of anilines is 1. The third kappa shape index (κ3) is 7.00. The van der Waals surface area contributed by atoms with Crippen LogP contribution in [-0.2, 0) is 31.1 Å². The summed E-state index contributed by atoms with van der Waals surface area (Å²) in [5.41, 5.74) is 1.22. The summed E-state index contributed by atoms with van der Waals surface area (Å²) in [7, 11) is -2.54. The molecule has 0 radical (unpaired) electrons. The first-order valence-corrected chi connectivity index (χ1v) is 10.5. The van der Waals surface area contributed by atoms with Gasteiger partial charge in [0.25, 0.3) is 21.9 Å². The summed E-state index contributed by atoms with van der Waals surface area (Å²) < 4.78 is 29.9. The van der Waals surface area contributed by atoms with Gasteiger partial charge in [0, 0.05) is 38.7 Å². The molecule has 1 aromatic carbocycles. The number of rotatable bonds is 8. The van der Waals surface area contributed by atoms with E-state index in [1.807, 2.05) is 0 Å². The fraction of sp³-hybridized carbons (Fsp3) is 0.412. The van der Waals surface area contributed by atoms with Crippen LogP contribution >= 0.6 is 0 Å². The molecule has 0 bridgehead atoms. The van der Waals surface area contributed by atoms with E-state index in [0.717, 1.165) is 0 Å². The van der Waals surface area contributed by atoms with Gasteiger partial charge in [0.15, 0.2) is 0 Å². The monoisotopic (exact) mass is 442 g/mol. The number of imide groups is 1. The van der Waals surface area contributed by atoms with Gasteiger partial charge in [0.05, 0.1) is 5.75 Å². The van der Waals surface area contributed by atoms with E-state index in [1.54, 1.807) is 24.3 Å². The first kappa shape index (κ1) is 23.1. The number of nitrogens with one attached hydrogen (secondary N) is 2. The predicted molar refractivity (Wildman–Crippen MR) is 104 cm³/mol. The Morgan fingerprint density at radius 3 is 2.30 bits per heavy atom. The van der Waals surface area contributed by atoms with E-state index in [2.05, 4.69) is 15.5 Å². The minimum atomic E-state index is -4.06. The van der Waals surface area contributed by atoms with Gasteiger partial charge in [-0.2, -0.15) is 8.42 Å². The molecule has 13 heteroatoms. The fourth-order valence-electron chi connectivity index (χ4n) is 2.47. The lowest BCUT2D eigenvalue weighted by molar-refractivity contribution is -0.171. The smallest absolute Gasteiger partial charge is 0.338 e. The molecule has 1 saturated heterocycles. The molecule has 1 aliphatic rings. The molecule has 1 aromatic rings. The van der Waals surface area contributed by atoms with Crippen molar-refractivity contribution in [2.24, 2.45) is 0 Å². The molecule has 1 fully saturated rings. The minimum Gasteiger partial charge on any atom is -0.338 e. The van der Waals surface area contributed by atoms with E-state index in [9.17, 15) is 27.6 Å². The van der Waals surface area contributed by atoms with Gasteiger partial charge in [-0.3, -0.25) is 19.0 Å². The summed E-state index contributed by atoms with van der Waals surface area (Å²) in [6, 6.07) is 6.12. The van der Waals surface area contributed by atoms with Crippen LogP contribution in [-0.4, -0.2) is 61.3 Å². The second-order valence-corrected chi connectivity index (χ2v) is 7.98. The number of urea groups is 1. The van der Waals surface area contributed by atoms with Crippen molar-refractivity contribution in [3.63, 3.8) is 0 Å². The van der Waals surface area contributed by atoms with Crippen molar-refractivity contribution in [2.45, 2.75) is 25.8 Å². The molecule has 2 rings (SSSR count). The molecule has 3 N–H and O–H groups in total. The van der Waals surface area contributed by atoms with Crippen LogP contribution in [0.25, 0.3) is 0 Å². The predicted octanol–water partition coefficient (Wildman–Crippen LogP) is 0.401. The minimum absolute atomic E-state index is 0.00913. The highest BCUT2D eigenvalue weighted by Gasteiger charge is 2.32. The molecule has 1 aliphatic heterocycles. The zero-order chi connectivity index (χ0) is 22.3. The van der Waals surface area contributed by atoms with Gasteiger partial charge < -0.3 is 15.5 Å². The Hall–Kier alpha value is -3.19. The lowest BCUT2D eigenvalue weighted by Gasteiger charge is -2.18. The first-order valence-electron chi connectivity index (χ1n) is 8.94. The van der Waals surface area contributed by atoms with Crippen LogP contribution in [0.15, 0.2) is 24.3 Å². The summed E-state index contributed by atoms with van der Waals surface area (Å²) in [5, 5.41) is 5.39. The Kier molecular flexibility index (Phi) is 7.72. The highest BCUT2D eigenvalue weighted by molar-refractivity contribution is 7.85. The highest BCUT2D eigenvalue weighted by Crippen LogP contribution is 2.15. The van der Waals surface area contributed by atoms with E-state index in [1.165, 1.54) is 11.9 Å². The van der Waals surface area contributed by atoms with E-state index >= 15 is 0 Å². The summed E-state index contributed by atoms with van der Waals surface area (Å²) in [6.07, 6.45) is -0.845. The molecule has 0 saturated carbocycles. The van der Waals surface area contributed by atoms with Crippen molar-refractivity contribution < 1.29 is 37.0 Å². The zero-order valence-electron chi connectivity index (χ0n) is 16.2. The van der Waals surface area contributed by atoms with Gasteiger partial charge in [0.2, 0.25) is 0 Å². The topological polar surface area (TPSA) is 162 Å². The van der Waals surface area contributed by atoms with Crippen molar-refractivity contribution in [3.05, 3.63) is 29.8 Å². The van der Waals surface area contributed by atoms with Crippen molar-refractivity contribution >= 4 is 39.7 Å². The molecule has 0 aliphatic carbocycles. The molecular formula is C17H22N4O8S. The Labute approximate surface area is 172 Å². The Balaban J connectivity index is 1.78. The van der Waals surface area contributed by atoms with Crippen LogP contribution in [0.2, 0.25) is 0 Å². The fourth-order valence-corrected chi connectivity index (χ4v) is 2.98. The number of nitrogens with zero attached hydrogens (tertiary/aromatic N) is 2. The van der Waals surface area contributed by atoms with Crippen LogP contribution in [0.4, 0.5) is 15.3 Å². The van der Waals surface area contributed by atoms with E-state index < -0.39 is 39.8 Å². The number of amides is 5. The van der Waals surface area contributed by atoms with Crippen molar-refractivity contribution in [1.29, 1.82) is 0 Å². The van der Waals surface area contributed by atoms with Crippen molar-refractivity contribution in [3.8, 4) is 0 Å². The maximum atomic E-state index is 12.1. The second-order valence-electron chi connectivity index (χ2n) is 6.41. The largest absolute Gasteiger partial charge is 0.432 e. The van der Waals surface area contributed by atoms with Gasteiger partial charge in [-0.05, 0) is 24.1 Å². The average molecular weight is 442 g/mol. The molecule has 0 spiro atoms. The van der Waals surface area contributed by atoms with Crippen LogP contribution in [0.1, 0.15) is 24.8 Å². The van der Waals surface area contributed by atoms with Gasteiger partial charge in [-0.25, -0.2) is 9.59 Å². The molecule has 1 heterocycles. The third-order valence-electron chi connectivity index (χ3n) is 4.10. The summed E-state index contributed by atoms with van der Waals surface area (Å²) in [6.45, 7) is 0.149. The average Bonchev–Trinajstić information content (AvgIpc) is 3.00. The highest BCUT2D eigenvalue weighted by atomic mass is 32.2. The van der Waals surface area contributed by atoms with Crippen molar-refractivity contribution in [2.75, 3.05) is 24.2 Å². The van der Waals surface area contributed by atoms with Crippen LogP contribution in [0, 0.1) is 0 Å². The van der Waals surface area contributed by atoms with Crippen LogP contribution < -0.4 is 15.5 Å². The zero-order valence-corrected chi connectivity index (χ0v) is 17.0. The maximum absolute atomic E-state index is 12.1. The van der Waals surface area contributed by atoms with Crippen LogP contribution in [0.5, 0.6) is 0 Å². The van der Waals surface area contributed by atoms with Crippen LogP contribution in [0.3, 0.4) is 0 Å². The van der Waals surface area contributed by atoms with Crippen molar-refractivity contribution in [1.82, 2.24) is 15.7 Å². The lowest BCUT2D eigenvalue weighted by atomic mass is 10.2. The van der Waals surface area contributed by atoms with Gasteiger partial charge >= 0.3 is 12.1 Å². The maximum Gasteiger partial charge on any atom is 0.432 e. The molecule has 164 valence electrons. The number of benzene rings is 1. The summed E-state index contributed by atoms with van der Waals surface area (Å²) in [4.78, 5) is 52.6. The normalized spacial score (nSPS) is 13.9. The Morgan fingerprint density at radius 1 is 1.13 bits per heavy atom. The quantitative estimate of drug-likeness (QED) is 0.296. The molecule has 5 amide bonds. The Bertz CT molecular complexity index is 900. The molecule has 0 unspecified atom stereocenters. The molecule has 12 nitrogen and oxygen atoms in total. The number of hydrogen-bond donors (Lipinski definition) is 3. The molecule has 30 heavy (non-hydrogen) atoms. The van der Waals surface area contributed by atoms with Gasteiger partial charge in [0.1, 0.15) is 0 Å². The molecular weight excluding hydrogens is 420 g/mol. The number of carbonyl (C=O) groups excluding carboxylic acids is 4. The first-order chi connectivity index (χ1) is 14.1. The van der Waals surface area contributed by atoms with E-state index in [4.69, 9.17) is 4.55 Å². The van der Waals surface area contributed by atoms with Gasteiger partial charge in [-0.1, -0.05) is 12.1 Å². The third-order valence-corrected chi connectivity index (χ3v) is 4.90. The number of hydrogen-bond acceptors (Lipinski definition) is 7. The standard InChI is InChI=1S/C17H22N4O8S/c1-20(16(24)18-9-2-10-30(26,27)28)13-5-3-12(4-6-13)11-19-17(25)29-21-14(22)7-8-15(21)23/h3-6H,2,7-11H2,1H3,(H,18,24)(H,19,25)(H,26,27,28). The van der Waals surface area contributed by atoms with E-state index in [0.29, 0.717) is 16.3 Å². The lowest BCUT2D eigenvalue weighted by Crippen LogP contribution is -2.38. The number of hydroxylamine groups is 2. The summed E-state index contributed by atoms with van der Waals surface area (Å²) in [5.74, 6) is -1.58. The SMILES string of the molecule is CN(C(=O)NCCCS(=O)(=O)O)c1ccc(CNC(=O)ON2C(=O)CCC2=O)cc1.